The van der Waals surface area contributed by atoms with Crippen LogP contribution < -0.4 is 0 Å². The Bertz CT molecular complexity index is 449. The Morgan fingerprint density at radius 3 is 2.31 bits per heavy atom. The van der Waals surface area contributed by atoms with Crippen molar-refractivity contribution in [2.24, 2.45) is 4.40 Å². The summed E-state index contributed by atoms with van der Waals surface area (Å²) in [6.45, 7) is 5.62. The van der Waals surface area contributed by atoms with Gasteiger partial charge in [0.15, 0.2) is 0 Å². The van der Waals surface area contributed by atoms with Crippen LogP contribution in [0.25, 0.3) is 0 Å². The van der Waals surface area contributed by atoms with Crippen LogP contribution in [0.1, 0.15) is 31.9 Å². The minimum atomic E-state index is -1.24. The van der Waals surface area contributed by atoms with E-state index in [1.165, 1.54) is 0 Å². The van der Waals surface area contributed by atoms with Crippen LogP contribution >= 0.6 is 0 Å². The van der Waals surface area contributed by atoms with Crippen LogP contribution in [0, 0.1) is 11.3 Å². The fraction of sp³-hybridized carbons (Fsp3) is 0.333. The molecule has 4 heteroatoms. The van der Waals surface area contributed by atoms with E-state index in [-0.39, 0.29) is 4.75 Å². The summed E-state index contributed by atoms with van der Waals surface area (Å²) >= 11 is 0. The molecule has 0 saturated carbocycles. The lowest BCUT2D eigenvalue weighted by atomic mass is 10.2. The lowest BCUT2D eigenvalue weighted by Crippen LogP contribution is -2.19. The summed E-state index contributed by atoms with van der Waals surface area (Å²) < 4.78 is 15.3. The van der Waals surface area contributed by atoms with Crippen molar-refractivity contribution in [3.63, 3.8) is 0 Å². The lowest BCUT2D eigenvalue weighted by Gasteiger charge is -2.12. The summed E-state index contributed by atoms with van der Waals surface area (Å²) in [7, 11) is -1.24. The highest BCUT2D eigenvalue weighted by Crippen LogP contribution is 2.12. The summed E-state index contributed by atoms with van der Waals surface area (Å²) in [5.41, 5.74) is 1.45. The van der Waals surface area contributed by atoms with E-state index in [1.807, 2.05) is 26.8 Å². The average molecular weight is 234 g/mol. The lowest BCUT2D eigenvalue weighted by molar-refractivity contribution is 0.651. The van der Waals surface area contributed by atoms with Crippen LogP contribution in [0.5, 0.6) is 0 Å². The van der Waals surface area contributed by atoms with Crippen LogP contribution in [-0.2, 0) is 11.0 Å². The number of rotatable bonds is 2. The highest BCUT2D eigenvalue weighted by molar-refractivity contribution is 7.85. The number of nitriles is 1. The Labute approximate surface area is 98.4 Å². The molecule has 0 heterocycles. The first-order valence-electron chi connectivity index (χ1n) is 4.90. The molecule has 0 amide bonds. The molecule has 0 N–H and O–H groups in total. The molecule has 0 fully saturated rings. The highest BCUT2D eigenvalue weighted by atomic mass is 32.2. The quantitative estimate of drug-likeness (QED) is 0.738. The Morgan fingerprint density at radius 1 is 1.31 bits per heavy atom. The predicted molar refractivity (Wildman–Crippen MR) is 66.6 cm³/mol. The van der Waals surface area contributed by atoms with E-state index in [0.29, 0.717) is 5.56 Å². The van der Waals surface area contributed by atoms with Crippen molar-refractivity contribution in [2.45, 2.75) is 25.5 Å². The van der Waals surface area contributed by atoms with Crippen LogP contribution in [0.15, 0.2) is 28.7 Å². The maximum Gasteiger partial charge on any atom is 0.144 e. The first kappa shape index (κ1) is 12.6. The molecule has 0 bridgehead atoms. The van der Waals surface area contributed by atoms with Gasteiger partial charge in [0.1, 0.15) is 11.0 Å². The van der Waals surface area contributed by atoms with E-state index in [2.05, 4.69) is 4.40 Å². The van der Waals surface area contributed by atoms with Crippen molar-refractivity contribution >= 4 is 17.2 Å². The first-order chi connectivity index (χ1) is 7.43. The minimum Gasteiger partial charge on any atom is -0.234 e. The van der Waals surface area contributed by atoms with Gasteiger partial charge < -0.3 is 0 Å². The second-order valence-electron chi connectivity index (χ2n) is 4.33. The molecule has 1 unspecified atom stereocenters. The summed E-state index contributed by atoms with van der Waals surface area (Å²) in [5.74, 6) is 0. The molecule has 84 valence electrons. The molecule has 0 aliphatic carbocycles. The second kappa shape index (κ2) is 5.04. The molecule has 3 nitrogen and oxygen atoms in total. The molecule has 0 saturated heterocycles. The van der Waals surface area contributed by atoms with Crippen molar-refractivity contribution in [2.75, 3.05) is 0 Å². The first-order valence-corrected chi connectivity index (χ1v) is 6.00. The summed E-state index contributed by atoms with van der Waals surface area (Å²) in [4.78, 5) is 0. The van der Waals surface area contributed by atoms with Gasteiger partial charge in [-0.15, -0.1) is 0 Å². The van der Waals surface area contributed by atoms with Gasteiger partial charge in [0.2, 0.25) is 0 Å². The van der Waals surface area contributed by atoms with Crippen molar-refractivity contribution in [3.8, 4) is 6.07 Å². The van der Waals surface area contributed by atoms with E-state index < -0.39 is 11.0 Å². The molecule has 0 aromatic heterocycles. The number of hydrogen-bond acceptors (Lipinski definition) is 2. The largest absolute Gasteiger partial charge is 0.234 e. The van der Waals surface area contributed by atoms with E-state index in [1.54, 1.807) is 30.5 Å². The molecule has 0 radical (unpaired) electrons. The molecule has 16 heavy (non-hydrogen) atoms. The van der Waals surface area contributed by atoms with Gasteiger partial charge in [-0.1, -0.05) is 12.1 Å². The zero-order chi connectivity index (χ0) is 12.2. The van der Waals surface area contributed by atoms with Crippen LogP contribution in [0.3, 0.4) is 0 Å². The third-order valence-corrected chi connectivity index (χ3v) is 3.21. The Balaban J connectivity index is 2.78. The predicted octanol–water partition coefficient (Wildman–Crippen LogP) is 2.44. The van der Waals surface area contributed by atoms with E-state index in [0.717, 1.165) is 5.56 Å². The van der Waals surface area contributed by atoms with Crippen molar-refractivity contribution in [1.29, 1.82) is 5.26 Å². The van der Waals surface area contributed by atoms with Gasteiger partial charge in [-0.2, -0.15) is 9.66 Å². The third-order valence-electron chi connectivity index (χ3n) is 1.86. The molecular weight excluding hydrogens is 220 g/mol. The molecule has 0 spiro atoms. The van der Waals surface area contributed by atoms with Crippen LogP contribution in [0.2, 0.25) is 0 Å². The summed E-state index contributed by atoms with van der Waals surface area (Å²) in [5, 5.41) is 8.62. The van der Waals surface area contributed by atoms with Gasteiger partial charge in [0, 0.05) is 6.21 Å². The van der Waals surface area contributed by atoms with Gasteiger partial charge in [0.25, 0.3) is 0 Å². The van der Waals surface area contributed by atoms with Crippen molar-refractivity contribution in [3.05, 3.63) is 35.4 Å². The molecule has 1 atom stereocenters. The maximum atomic E-state index is 11.6. The zero-order valence-electron chi connectivity index (χ0n) is 9.60. The smallest absolute Gasteiger partial charge is 0.144 e. The van der Waals surface area contributed by atoms with E-state index in [9.17, 15) is 4.21 Å². The van der Waals surface area contributed by atoms with Gasteiger partial charge in [-0.05, 0) is 38.5 Å². The second-order valence-corrected chi connectivity index (χ2v) is 6.26. The molecule has 1 rings (SSSR count). The molecule has 0 aliphatic heterocycles. The number of nitrogens with zero attached hydrogens (tertiary/aromatic N) is 2. The van der Waals surface area contributed by atoms with Gasteiger partial charge >= 0.3 is 0 Å². The number of hydrogen-bond donors (Lipinski definition) is 0. The van der Waals surface area contributed by atoms with Crippen molar-refractivity contribution in [1.82, 2.24) is 0 Å². The Hall–Kier alpha value is -1.47. The third kappa shape index (κ3) is 3.59. The summed E-state index contributed by atoms with van der Waals surface area (Å²) in [6.07, 6.45) is 1.57. The van der Waals surface area contributed by atoms with Crippen LogP contribution in [-0.4, -0.2) is 15.2 Å². The SMILES string of the molecule is CC(C)(C)S(=O)N=Cc1ccc(C#N)cc1. The Morgan fingerprint density at radius 2 is 1.88 bits per heavy atom. The maximum absolute atomic E-state index is 11.6. The molecule has 1 aromatic rings. The summed E-state index contributed by atoms with van der Waals surface area (Å²) in [6, 6.07) is 9.02. The van der Waals surface area contributed by atoms with Crippen LogP contribution in [0.4, 0.5) is 0 Å². The Kier molecular flexibility index (Phi) is 3.97. The normalized spacial score (nSPS) is 13.6. The fourth-order valence-corrected chi connectivity index (χ4v) is 1.44. The van der Waals surface area contributed by atoms with Gasteiger partial charge in [-0.3, -0.25) is 0 Å². The van der Waals surface area contributed by atoms with Crippen molar-refractivity contribution < 1.29 is 4.21 Å². The number of benzene rings is 1. The van der Waals surface area contributed by atoms with Gasteiger partial charge in [-0.25, -0.2) is 4.21 Å². The molecular formula is C12H14N2OS. The highest BCUT2D eigenvalue weighted by Gasteiger charge is 2.17. The van der Waals surface area contributed by atoms with E-state index >= 15 is 0 Å². The molecule has 0 aliphatic rings. The fourth-order valence-electron chi connectivity index (χ4n) is 0.911. The van der Waals surface area contributed by atoms with Gasteiger partial charge in [0.05, 0.1) is 16.4 Å². The van der Waals surface area contributed by atoms with E-state index in [4.69, 9.17) is 5.26 Å². The monoisotopic (exact) mass is 234 g/mol. The standard InChI is InChI=1S/C12H14N2OS/c1-12(2,3)16(15)14-9-11-6-4-10(8-13)5-7-11/h4-7,9H,1-3H3. The average Bonchev–Trinajstić information content (AvgIpc) is 2.25. The molecule has 1 aromatic carbocycles. The minimum absolute atomic E-state index is 0.344. The zero-order valence-corrected chi connectivity index (χ0v) is 10.4. The topological polar surface area (TPSA) is 53.2 Å².